The fourth-order valence-electron chi connectivity index (χ4n) is 2.00. The molecule has 3 heteroatoms. The molecule has 0 atom stereocenters. The van der Waals surface area contributed by atoms with Gasteiger partial charge >= 0.3 is 0 Å². The maximum Gasteiger partial charge on any atom is 0.129 e. The second kappa shape index (κ2) is 5.53. The number of benzene rings is 2. The van der Waals surface area contributed by atoms with Gasteiger partial charge in [0.15, 0.2) is 0 Å². The van der Waals surface area contributed by atoms with Crippen molar-refractivity contribution in [2.24, 2.45) is 0 Å². The summed E-state index contributed by atoms with van der Waals surface area (Å²) in [5.74, 6) is -0.137. The lowest BCUT2D eigenvalue weighted by Gasteiger charge is -2.09. The van der Waals surface area contributed by atoms with Crippen molar-refractivity contribution >= 4 is 5.69 Å². The Bertz CT molecular complexity index is 601. The van der Waals surface area contributed by atoms with Gasteiger partial charge in [-0.25, -0.2) is 4.39 Å². The molecule has 2 aromatic carbocycles. The van der Waals surface area contributed by atoms with Crippen LogP contribution in [-0.2, 0) is 6.54 Å². The fourth-order valence-corrected chi connectivity index (χ4v) is 2.00. The van der Waals surface area contributed by atoms with Crippen LogP contribution in [0.15, 0.2) is 36.4 Å². The van der Waals surface area contributed by atoms with Gasteiger partial charge in [-0.15, -0.1) is 0 Å². The quantitative estimate of drug-likeness (QED) is 0.900. The Morgan fingerprint density at radius 3 is 2.21 bits per heavy atom. The largest absolute Gasteiger partial charge is 0.381 e. The predicted octanol–water partition coefficient (Wildman–Crippen LogP) is 3.93. The zero-order chi connectivity index (χ0) is 13.8. The van der Waals surface area contributed by atoms with E-state index in [2.05, 4.69) is 11.4 Å². The zero-order valence-corrected chi connectivity index (χ0v) is 11.0. The molecule has 0 fully saturated rings. The molecule has 0 aliphatic carbocycles. The topological polar surface area (TPSA) is 35.8 Å². The van der Waals surface area contributed by atoms with Crippen molar-refractivity contribution in [3.8, 4) is 6.07 Å². The first-order valence-corrected chi connectivity index (χ1v) is 6.10. The fraction of sp³-hybridized carbons (Fsp3) is 0.188. The molecule has 0 aromatic heterocycles. The van der Waals surface area contributed by atoms with Gasteiger partial charge in [0.1, 0.15) is 5.82 Å². The van der Waals surface area contributed by atoms with Crippen LogP contribution in [0, 0.1) is 31.0 Å². The van der Waals surface area contributed by atoms with Crippen LogP contribution in [0.3, 0.4) is 0 Å². The normalized spacial score (nSPS) is 10.0. The van der Waals surface area contributed by atoms with Crippen molar-refractivity contribution < 1.29 is 4.39 Å². The molecule has 0 bridgehead atoms. The number of halogens is 1. The number of hydrogen-bond acceptors (Lipinski definition) is 2. The number of nitriles is 1. The van der Waals surface area contributed by atoms with Gasteiger partial charge in [0.2, 0.25) is 0 Å². The minimum absolute atomic E-state index is 0.137. The van der Waals surface area contributed by atoms with Crippen molar-refractivity contribution in [2.45, 2.75) is 20.4 Å². The standard InChI is InChI=1S/C16H15FN2/c1-11-7-14(8-12(2)16(11)17)10-19-15-5-3-13(9-18)4-6-15/h3-8,19H,10H2,1-2H3. The third-order valence-electron chi connectivity index (χ3n) is 3.01. The van der Waals surface area contributed by atoms with E-state index in [9.17, 15) is 4.39 Å². The number of anilines is 1. The smallest absolute Gasteiger partial charge is 0.129 e. The van der Waals surface area contributed by atoms with Crippen LogP contribution >= 0.6 is 0 Å². The van der Waals surface area contributed by atoms with Gasteiger partial charge in [0, 0.05) is 12.2 Å². The van der Waals surface area contributed by atoms with Crippen LogP contribution in [0.1, 0.15) is 22.3 Å². The Morgan fingerprint density at radius 2 is 1.68 bits per heavy atom. The molecule has 96 valence electrons. The molecule has 0 saturated carbocycles. The molecule has 0 aliphatic heterocycles. The molecular weight excluding hydrogens is 239 g/mol. The van der Waals surface area contributed by atoms with Crippen LogP contribution in [0.25, 0.3) is 0 Å². The van der Waals surface area contributed by atoms with E-state index in [0.29, 0.717) is 23.2 Å². The molecule has 0 spiro atoms. The summed E-state index contributed by atoms with van der Waals surface area (Å²) in [7, 11) is 0. The number of aryl methyl sites for hydroxylation is 2. The van der Waals surface area contributed by atoms with E-state index < -0.39 is 0 Å². The van der Waals surface area contributed by atoms with E-state index in [1.807, 2.05) is 24.3 Å². The van der Waals surface area contributed by atoms with Crippen molar-refractivity contribution in [3.05, 3.63) is 64.5 Å². The van der Waals surface area contributed by atoms with Gasteiger partial charge in [-0.1, -0.05) is 12.1 Å². The highest BCUT2D eigenvalue weighted by Gasteiger charge is 2.04. The Balaban J connectivity index is 2.08. The average Bonchev–Trinajstić information content (AvgIpc) is 2.43. The SMILES string of the molecule is Cc1cc(CNc2ccc(C#N)cc2)cc(C)c1F. The zero-order valence-electron chi connectivity index (χ0n) is 11.0. The van der Waals surface area contributed by atoms with Gasteiger partial charge < -0.3 is 5.32 Å². The van der Waals surface area contributed by atoms with E-state index in [4.69, 9.17) is 5.26 Å². The second-order valence-electron chi connectivity index (χ2n) is 4.59. The predicted molar refractivity (Wildman–Crippen MR) is 74.4 cm³/mol. The number of hydrogen-bond donors (Lipinski definition) is 1. The van der Waals surface area contributed by atoms with Gasteiger partial charge in [-0.05, 0) is 54.8 Å². The molecule has 0 saturated heterocycles. The van der Waals surface area contributed by atoms with Gasteiger partial charge in [0.25, 0.3) is 0 Å². The molecule has 0 radical (unpaired) electrons. The van der Waals surface area contributed by atoms with Crippen molar-refractivity contribution in [1.29, 1.82) is 5.26 Å². The highest BCUT2D eigenvalue weighted by molar-refractivity contribution is 5.47. The molecule has 0 heterocycles. The lowest BCUT2D eigenvalue weighted by atomic mass is 10.1. The van der Waals surface area contributed by atoms with Crippen molar-refractivity contribution in [1.82, 2.24) is 0 Å². The van der Waals surface area contributed by atoms with E-state index in [1.165, 1.54) is 0 Å². The first kappa shape index (κ1) is 13.1. The number of nitrogens with one attached hydrogen (secondary N) is 1. The summed E-state index contributed by atoms with van der Waals surface area (Å²) in [6.07, 6.45) is 0. The summed E-state index contributed by atoms with van der Waals surface area (Å²) >= 11 is 0. The Labute approximate surface area is 112 Å². The molecular formula is C16H15FN2. The Hall–Kier alpha value is -2.34. The molecule has 0 aliphatic rings. The van der Waals surface area contributed by atoms with E-state index in [0.717, 1.165) is 11.3 Å². The summed E-state index contributed by atoms with van der Waals surface area (Å²) in [4.78, 5) is 0. The average molecular weight is 254 g/mol. The molecule has 1 N–H and O–H groups in total. The summed E-state index contributed by atoms with van der Waals surface area (Å²) in [6.45, 7) is 4.18. The highest BCUT2D eigenvalue weighted by Crippen LogP contribution is 2.16. The van der Waals surface area contributed by atoms with Crippen LogP contribution in [-0.4, -0.2) is 0 Å². The van der Waals surface area contributed by atoms with Crippen LogP contribution in [0.5, 0.6) is 0 Å². The number of rotatable bonds is 3. The minimum Gasteiger partial charge on any atom is -0.381 e. The van der Waals surface area contributed by atoms with Crippen LogP contribution in [0.2, 0.25) is 0 Å². The van der Waals surface area contributed by atoms with E-state index >= 15 is 0 Å². The molecule has 0 amide bonds. The van der Waals surface area contributed by atoms with Gasteiger partial charge in [-0.2, -0.15) is 5.26 Å². The lowest BCUT2D eigenvalue weighted by Crippen LogP contribution is -2.01. The molecule has 0 unspecified atom stereocenters. The van der Waals surface area contributed by atoms with Crippen molar-refractivity contribution in [3.63, 3.8) is 0 Å². The third-order valence-corrected chi connectivity index (χ3v) is 3.01. The lowest BCUT2D eigenvalue weighted by molar-refractivity contribution is 0.608. The van der Waals surface area contributed by atoms with Crippen LogP contribution in [0.4, 0.5) is 10.1 Å². The first-order valence-electron chi connectivity index (χ1n) is 6.10. The van der Waals surface area contributed by atoms with E-state index in [1.54, 1.807) is 26.0 Å². The monoisotopic (exact) mass is 254 g/mol. The first-order chi connectivity index (χ1) is 9.10. The highest BCUT2D eigenvalue weighted by atomic mass is 19.1. The maximum atomic E-state index is 13.5. The van der Waals surface area contributed by atoms with Gasteiger partial charge in [0.05, 0.1) is 11.6 Å². The summed E-state index contributed by atoms with van der Waals surface area (Å²) in [5, 5.41) is 12.0. The summed E-state index contributed by atoms with van der Waals surface area (Å²) in [6, 6.07) is 13.0. The third kappa shape index (κ3) is 3.11. The van der Waals surface area contributed by atoms with Gasteiger partial charge in [-0.3, -0.25) is 0 Å². The Morgan fingerprint density at radius 1 is 1.11 bits per heavy atom. The number of nitrogens with zero attached hydrogens (tertiary/aromatic N) is 1. The van der Waals surface area contributed by atoms with Crippen LogP contribution < -0.4 is 5.32 Å². The summed E-state index contributed by atoms with van der Waals surface area (Å²) < 4.78 is 13.5. The molecule has 2 aromatic rings. The minimum atomic E-state index is -0.137. The maximum absolute atomic E-state index is 13.5. The molecule has 19 heavy (non-hydrogen) atoms. The summed E-state index contributed by atoms with van der Waals surface area (Å²) in [5.41, 5.74) is 3.95. The molecule has 2 nitrogen and oxygen atoms in total. The second-order valence-corrected chi connectivity index (χ2v) is 4.59. The van der Waals surface area contributed by atoms with E-state index in [-0.39, 0.29) is 5.82 Å². The Kier molecular flexibility index (Phi) is 3.82. The molecule has 2 rings (SSSR count). The van der Waals surface area contributed by atoms with Crippen molar-refractivity contribution in [2.75, 3.05) is 5.32 Å².